The van der Waals surface area contributed by atoms with Crippen LogP contribution in [0.1, 0.15) is 35.1 Å². The quantitative estimate of drug-likeness (QED) is 0.164. The normalized spacial score (nSPS) is 15.9. The van der Waals surface area contributed by atoms with Crippen LogP contribution in [0.25, 0.3) is 82.4 Å². The molecular weight excluding hydrogens is 719 g/mol. The monoisotopic (exact) mass is 755 g/mol. The van der Waals surface area contributed by atoms with E-state index in [1.165, 1.54) is 32.8 Å². The lowest BCUT2D eigenvalue weighted by Gasteiger charge is -2.32. The van der Waals surface area contributed by atoms with Gasteiger partial charge in [0.15, 0.2) is 0 Å². The SMILES string of the molecule is C=C1C(c2ccc(-c3nc4oc5ccccc5c4c4ccccc34)c3ccccc23)CC(c2ccccc2)=NC1c1cccc(-n2c3ccccc3c3ccccc32)c1. The molecule has 4 heterocycles. The number of hydrogen-bond acceptors (Lipinski definition) is 3. The average Bonchev–Trinajstić information content (AvgIpc) is 3.85. The predicted molar refractivity (Wildman–Crippen MR) is 245 cm³/mol. The van der Waals surface area contributed by atoms with Gasteiger partial charge >= 0.3 is 0 Å². The zero-order chi connectivity index (χ0) is 39.0. The largest absolute Gasteiger partial charge is 0.438 e. The van der Waals surface area contributed by atoms with Gasteiger partial charge in [0.2, 0.25) is 5.71 Å². The van der Waals surface area contributed by atoms with Crippen LogP contribution in [0, 0.1) is 0 Å². The van der Waals surface area contributed by atoms with Gasteiger partial charge in [0, 0.05) is 50.8 Å². The number of para-hydroxylation sites is 3. The number of hydrogen-bond donors (Lipinski definition) is 0. The van der Waals surface area contributed by atoms with Gasteiger partial charge in [0.1, 0.15) is 5.58 Å². The molecule has 0 saturated heterocycles. The van der Waals surface area contributed by atoms with Crippen molar-refractivity contribution in [1.82, 2.24) is 9.55 Å². The Morgan fingerprint density at radius 2 is 1.17 bits per heavy atom. The first-order chi connectivity index (χ1) is 29.2. The topological polar surface area (TPSA) is 43.3 Å². The van der Waals surface area contributed by atoms with Crippen LogP contribution >= 0.6 is 0 Å². The van der Waals surface area contributed by atoms with Gasteiger partial charge in [-0.25, -0.2) is 4.98 Å². The van der Waals surface area contributed by atoms with E-state index in [1.54, 1.807) is 0 Å². The van der Waals surface area contributed by atoms with E-state index >= 15 is 0 Å². The third kappa shape index (κ3) is 5.23. The van der Waals surface area contributed by atoms with Crippen molar-refractivity contribution in [2.45, 2.75) is 18.4 Å². The molecule has 0 fully saturated rings. The lowest BCUT2D eigenvalue weighted by atomic mass is 9.76. The summed E-state index contributed by atoms with van der Waals surface area (Å²) in [5, 5.41) is 9.22. The maximum Gasteiger partial charge on any atom is 0.228 e. The molecule has 0 aliphatic carbocycles. The van der Waals surface area contributed by atoms with Crippen molar-refractivity contribution in [3.63, 3.8) is 0 Å². The number of fused-ring (bicyclic) bond motifs is 9. The van der Waals surface area contributed by atoms with E-state index < -0.39 is 0 Å². The molecule has 11 aromatic rings. The first-order valence-corrected chi connectivity index (χ1v) is 20.3. The van der Waals surface area contributed by atoms with E-state index in [0.29, 0.717) is 5.71 Å². The average molecular weight is 756 g/mol. The maximum atomic E-state index is 6.41. The maximum absolute atomic E-state index is 6.41. The number of pyridine rings is 1. The highest BCUT2D eigenvalue weighted by molar-refractivity contribution is 6.21. The molecule has 2 atom stereocenters. The molecule has 4 nitrogen and oxygen atoms in total. The summed E-state index contributed by atoms with van der Waals surface area (Å²) in [4.78, 5) is 10.8. The summed E-state index contributed by atoms with van der Waals surface area (Å²) in [7, 11) is 0. The molecule has 0 spiro atoms. The van der Waals surface area contributed by atoms with E-state index in [4.69, 9.17) is 21.0 Å². The molecule has 0 bridgehead atoms. The lowest BCUT2D eigenvalue weighted by molar-refractivity contribution is 0.655. The Kier molecular flexibility index (Phi) is 7.54. The smallest absolute Gasteiger partial charge is 0.228 e. The Morgan fingerprint density at radius 3 is 1.93 bits per heavy atom. The van der Waals surface area contributed by atoms with Gasteiger partial charge in [0.05, 0.1) is 28.2 Å². The van der Waals surface area contributed by atoms with E-state index in [-0.39, 0.29) is 12.0 Å². The first-order valence-electron chi connectivity index (χ1n) is 20.3. The van der Waals surface area contributed by atoms with Gasteiger partial charge < -0.3 is 8.98 Å². The summed E-state index contributed by atoms with van der Waals surface area (Å²) in [5.41, 5.74) is 12.7. The number of furan rings is 1. The van der Waals surface area contributed by atoms with Gasteiger partial charge in [-0.15, -0.1) is 0 Å². The van der Waals surface area contributed by atoms with Crippen LogP contribution in [0.4, 0.5) is 0 Å². The summed E-state index contributed by atoms with van der Waals surface area (Å²) in [6.45, 7) is 4.89. The summed E-state index contributed by atoms with van der Waals surface area (Å²) < 4.78 is 8.79. The molecule has 2 unspecified atom stereocenters. The summed E-state index contributed by atoms with van der Waals surface area (Å²) in [6.07, 6.45) is 0.751. The molecule has 0 N–H and O–H groups in total. The van der Waals surface area contributed by atoms with Gasteiger partial charge in [-0.05, 0) is 68.8 Å². The second kappa shape index (κ2) is 13.3. The minimum Gasteiger partial charge on any atom is -0.438 e. The van der Waals surface area contributed by atoms with Crippen LogP contribution in [0.3, 0.4) is 0 Å². The van der Waals surface area contributed by atoms with Crippen molar-refractivity contribution in [3.05, 3.63) is 217 Å². The van der Waals surface area contributed by atoms with E-state index in [2.05, 4.69) is 180 Å². The van der Waals surface area contributed by atoms with Crippen molar-refractivity contribution in [3.8, 4) is 16.9 Å². The summed E-state index contributed by atoms with van der Waals surface area (Å²) in [5.74, 6) is 0.0195. The molecular formula is C55H37N3O. The highest BCUT2D eigenvalue weighted by atomic mass is 16.3. The molecule has 0 saturated carbocycles. The molecule has 278 valence electrons. The number of nitrogens with zero attached hydrogens (tertiary/aromatic N) is 3. The standard InChI is InChI=1S/C55H37N3O/c1-34-47(40-30-31-45(39-21-6-5-20-38(39)40)54-44-25-8-7-24-43(44)52-46-26-11-14-29-51(46)59-55(52)57-54)33-48(35-16-3-2-4-17-35)56-53(34)36-18-15-19-37(32-36)58-49-27-12-9-22-41(49)42-23-10-13-28-50(42)58/h2-32,47,53H,1,33H2. The molecule has 1 aliphatic heterocycles. The van der Waals surface area contributed by atoms with Crippen molar-refractivity contribution in [2.75, 3.05) is 0 Å². The minimum atomic E-state index is -0.239. The van der Waals surface area contributed by atoms with Crippen LogP contribution in [0.15, 0.2) is 210 Å². The zero-order valence-corrected chi connectivity index (χ0v) is 32.2. The van der Waals surface area contributed by atoms with E-state index in [9.17, 15) is 0 Å². The Bertz CT molecular complexity index is 3460. The molecule has 1 aliphatic rings. The third-order valence-electron chi connectivity index (χ3n) is 12.4. The van der Waals surface area contributed by atoms with Crippen molar-refractivity contribution in [1.29, 1.82) is 0 Å². The Labute approximate surface area is 341 Å². The summed E-state index contributed by atoms with van der Waals surface area (Å²) in [6, 6.07) is 66.8. The van der Waals surface area contributed by atoms with Crippen LogP contribution in [0.2, 0.25) is 0 Å². The second-order valence-corrected chi connectivity index (χ2v) is 15.7. The third-order valence-corrected chi connectivity index (χ3v) is 12.4. The zero-order valence-electron chi connectivity index (χ0n) is 32.2. The number of aromatic nitrogens is 2. The summed E-state index contributed by atoms with van der Waals surface area (Å²) >= 11 is 0. The first kappa shape index (κ1) is 33.6. The van der Waals surface area contributed by atoms with E-state index in [0.717, 1.165) is 78.3 Å². The van der Waals surface area contributed by atoms with Crippen LogP contribution in [0.5, 0.6) is 0 Å². The van der Waals surface area contributed by atoms with Crippen molar-refractivity contribution in [2.24, 2.45) is 4.99 Å². The van der Waals surface area contributed by atoms with E-state index in [1.807, 2.05) is 12.1 Å². The fraction of sp³-hybridized carbons (Fsp3) is 0.0545. The molecule has 3 aromatic heterocycles. The van der Waals surface area contributed by atoms with Gasteiger partial charge in [0.25, 0.3) is 0 Å². The highest BCUT2D eigenvalue weighted by Crippen LogP contribution is 2.47. The second-order valence-electron chi connectivity index (χ2n) is 15.7. The van der Waals surface area contributed by atoms with Crippen LogP contribution in [-0.2, 0) is 0 Å². The fourth-order valence-corrected chi connectivity index (χ4v) is 9.74. The molecule has 4 heteroatoms. The Morgan fingerprint density at radius 1 is 0.542 bits per heavy atom. The number of benzene rings is 8. The van der Waals surface area contributed by atoms with Crippen LogP contribution in [-0.4, -0.2) is 15.3 Å². The minimum absolute atomic E-state index is 0.0195. The van der Waals surface area contributed by atoms with Crippen molar-refractivity contribution >= 4 is 71.1 Å². The Hall–Kier alpha value is -7.56. The Balaban J connectivity index is 1.02. The van der Waals surface area contributed by atoms with Crippen LogP contribution < -0.4 is 0 Å². The highest BCUT2D eigenvalue weighted by Gasteiger charge is 2.32. The van der Waals surface area contributed by atoms with Gasteiger partial charge in [-0.2, -0.15) is 0 Å². The van der Waals surface area contributed by atoms with Crippen molar-refractivity contribution < 1.29 is 4.42 Å². The molecule has 8 aromatic carbocycles. The molecule has 59 heavy (non-hydrogen) atoms. The predicted octanol–water partition coefficient (Wildman–Crippen LogP) is 14.3. The number of aliphatic imine (C=N–C) groups is 1. The van der Waals surface area contributed by atoms with Gasteiger partial charge in [-0.3, -0.25) is 4.99 Å². The molecule has 12 rings (SSSR count). The molecule has 0 radical (unpaired) electrons. The molecule has 0 amide bonds. The lowest BCUT2D eigenvalue weighted by Crippen LogP contribution is -2.21. The fourth-order valence-electron chi connectivity index (χ4n) is 9.74. The van der Waals surface area contributed by atoms with Gasteiger partial charge in [-0.1, -0.05) is 164 Å². The number of rotatable bonds is 5.